The quantitative estimate of drug-likeness (QED) is 0.885. The molecule has 0 atom stereocenters. The van der Waals surface area contributed by atoms with Crippen molar-refractivity contribution in [1.29, 1.82) is 0 Å². The maximum absolute atomic E-state index is 13.0. The van der Waals surface area contributed by atoms with Gasteiger partial charge >= 0.3 is 0 Å². The third-order valence-corrected chi connectivity index (χ3v) is 4.50. The zero-order valence-corrected chi connectivity index (χ0v) is 15.0. The van der Waals surface area contributed by atoms with Gasteiger partial charge in [0.25, 0.3) is 0 Å². The van der Waals surface area contributed by atoms with Crippen molar-refractivity contribution in [2.24, 2.45) is 0 Å². The van der Waals surface area contributed by atoms with E-state index in [4.69, 9.17) is 11.6 Å². The van der Waals surface area contributed by atoms with E-state index in [0.717, 1.165) is 37.2 Å². The number of hydrogen-bond donors (Lipinski definition) is 1. The highest BCUT2D eigenvalue weighted by Gasteiger charge is 2.26. The predicted molar refractivity (Wildman–Crippen MR) is 102 cm³/mol. The number of hydrogen-bond acceptors (Lipinski definition) is 2. The molecule has 0 saturated carbocycles. The average molecular weight is 365 g/mol. The number of benzene rings is 2. The summed E-state index contributed by atoms with van der Waals surface area (Å²) in [6.07, 6.45) is 2.37. The molecule has 0 bridgehead atoms. The number of nitrogens with one attached hydrogen (secondary N) is 1. The summed E-state index contributed by atoms with van der Waals surface area (Å²) in [5.74, 6) is 0.144. The molecule has 0 aliphatic carbocycles. The number of piperidine rings is 1. The van der Waals surface area contributed by atoms with Crippen LogP contribution in [-0.2, 0) is 11.2 Å². The molecule has 0 radical (unpaired) electrons. The minimum atomic E-state index is 0. The molecule has 128 valence electrons. The Morgan fingerprint density at radius 1 is 1.04 bits per heavy atom. The Hall–Kier alpha value is -1.55. The lowest BCUT2D eigenvalue weighted by Crippen LogP contribution is -2.47. The Bertz CT molecular complexity index is 640. The van der Waals surface area contributed by atoms with E-state index in [1.807, 2.05) is 59.5 Å². The van der Waals surface area contributed by atoms with Crippen molar-refractivity contribution in [2.75, 3.05) is 18.0 Å². The molecule has 0 aromatic heterocycles. The van der Waals surface area contributed by atoms with Gasteiger partial charge in [0.2, 0.25) is 5.91 Å². The van der Waals surface area contributed by atoms with Gasteiger partial charge in [0, 0.05) is 16.8 Å². The molecule has 0 unspecified atom stereocenters. The first-order valence-corrected chi connectivity index (χ1v) is 8.44. The predicted octanol–water partition coefficient (Wildman–Crippen LogP) is 4.09. The second-order valence-electron chi connectivity index (χ2n) is 5.88. The number of carbonyl (C=O) groups is 1. The summed E-state index contributed by atoms with van der Waals surface area (Å²) < 4.78 is 0. The Morgan fingerprint density at radius 2 is 1.67 bits per heavy atom. The first-order valence-electron chi connectivity index (χ1n) is 8.06. The highest BCUT2D eigenvalue weighted by atomic mass is 35.5. The average Bonchev–Trinajstić information content (AvgIpc) is 2.59. The van der Waals surface area contributed by atoms with Crippen LogP contribution in [0.5, 0.6) is 0 Å². The number of halogens is 2. The van der Waals surface area contributed by atoms with Gasteiger partial charge in [-0.25, -0.2) is 0 Å². The second-order valence-corrected chi connectivity index (χ2v) is 6.32. The van der Waals surface area contributed by atoms with E-state index in [1.54, 1.807) is 0 Å². The summed E-state index contributed by atoms with van der Waals surface area (Å²) in [6.45, 7) is 1.90. The monoisotopic (exact) mass is 364 g/mol. The van der Waals surface area contributed by atoms with Gasteiger partial charge in [0.1, 0.15) is 0 Å². The van der Waals surface area contributed by atoms with Crippen LogP contribution in [0.15, 0.2) is 54.6 Å². The van der Waals surface area contributed by atoms with Crippen molar-refractivity contribution in [3.05, 3.63) is 65.2 Å². The summed E-state index contributed by atoms with van der Waals surface area (Å²) in [5.41, 5.74) is 1.98. The Morgan fingerprint density at radius 3 is 2.29 bits per heavy atom. The minimum Gasteiger partial charge on any atom is -0.317 e. The lowest BCUT2D eigenvalue weighted by atomic mass is 10.0. The standard InChI is InChI=1S/C19H21ClN2O.ClH/c20-16-6-8-17(9-7-16)22(18-10-12-21-13-11-18)19(23)14-15-4-2-1-3-5-15;/h1-9,18,21H,10-14H2;1H. The molecule has 24 heavy (non-hydrogen) atoms. The molecule has 1 N–H and O–H groups in total. The highest BCUT2D eigenvalue weighted by Crippen LogP contribution is 2.25. The van der Waals surface area contributed by atoms with Crippen LogP contribution in [0, 0.1) is 0 Å². The number of nitrogens with zero attached hydrogens (tertiary/aromatic N) is 1. The van der Waals surface area contributed by atoms with Crippen molar-refractivity contribution in [3.63, 3.8) is 0 Å². The first kappa shape index (κ1) is 18.8. The van der Waals surface area contributed by atoms with Gasteiger partial charge in [-0.3, -0.25) is 4.79 Å². The molecule has 1 heterocycles. The van der Waals surface area contributed by atoms with Crippen LogP contribution < -0.4 is 10.2 Å². The van der Waals surface area contributed by atoms with Crippen LogP contribution in [0.2, 0.25) is 5.02 Å². The molecule has 0 spiro atoms. The van der Waals surface area contributed by atoms with Crippen molar-refractivity contribution in [3.8, 4) is 0 Å². The van der Waals surface area contributed by atoms with E-state index in [-0.39, 0.29) is 24.4 Å². The van der Waals surface area contributed by atoms with Crippen molar-refractivity contribution in [1.82, 2.24) is 5.32 Å². The molecule has 1 amide bonds. The van der Waals surface area contributed by atoms with Gasteiger partial charge in [-0.2, -0.15) is 0 Å². The van der Waals surface area contributed by atoms with E-state index in [9.17, 15) is 4.79 Å². The summed E-state index contributed by atoms with van der Waals surface area (Å²) in [5, 5.41) is 4.05. The smallest absolute Gasteiger partial charge is 0.231 e. The summed E-state index contributed by atoms with van der Waals surface area (Å²) in [7, 11) is 0. The zero-order chi connectivity index (χ0) is 16.1. The molecule has 2 aromatic carbocycles. The topological polar surface area (TPSA) is 32.3 Å². The molecule has 5 heteroatoms. The number of anilines is 1. The van der Waals surface area contributed by atoms with E-state index < -0.39 is 0 Å². The first-order chi connectivity index (χ1) is 11.2. The van der Waals surface area contributed by atoms with Crippen LogP contribution >= 0.6 is 24.0 Å². The van der Waals surface area contributed by atoms with Crippen LogP contribution in [0.25, 0.3) is 0 Å². The van der Waals surface area contributed by atoms with Crippen LogP contribution in [0.1, 0.15) is 18.4 Å². The Labute approximate surface area is 154 Å². The van der Waals surface area contributed by atoms with Crippen molar-refractivity contribution in [2.45, 2.75) is 25.3 Å². The fourth-order valence-corrected chi connectivity index (χ4v) is 3.21. The maximum atomic E-state index is 13.0. The molecule has 1 saturated heterocycles. The molecule has 3 nitrogen and oxygen atoms in total. The van der Waals surface area contributed by atoms with Gasteiger partial charge in [0.05, 0.1) is 6.42 Å². The number of carbonyl (C=O) groups excluding carboxylic acids is 1. The van der Waals surface area contributed by atoms with E-state index in [1.165, 1.54) is 0 Å². The van der Waals surface area contributed by atoms with Crippen molar-refractivity contribution < 1.29 is 4.79 Å². The Balaban J connectivity index is 0.00000208. The highest BCUT2D eigenvalue weighted by molar-refractivity contribution is 6.30. The molecule has 1 fully saturated rings. The summed E-state index contributed by atoms with van der Waals surface area (Å²) >= 11 is 6.00. The molecular formula is C19H22Cl2N2O. The van der Waals surface area contributed by atoms with E-state index in [2.05, 4.69) is 5.32 Å². The fraction of sp³-hybridized carbons (Fsp3) is 0.316. The second kappa shape index (κ2) is 9.07. The zero-order valence-electron chi connectivity index (χ0n) is 13.5. The number of rotatable bonds is 4. The summed E-state index contributed by atoms with van der Waals surface area (Å²) in [4.78, 5) is 14.9. The van der Waals surface area contributed by atoms with Gasteiger partial charge in [-0.15, -0.1) is 12.4 Å². The molecule has 1 aliphatic heterocycles. The third kappa shape index (κ3) is 4.73. The lowest BCUT2D eigenvalue weighted by Gasteiger charge is -2.35. The van der Waals surface area contributed by atoms with Crippen LogP contribution in [0.4, 0.5) is 5.69 Å². The normalized spacial score (nSPS) is 14.7. The van der Waals surface area contributed by atoms with Crippen molar-refractivity contribution >= 4 is 35.6 Å². The molecular weight excluding hydrogens is 343 g/mol. The third-order valence-electron chi connectivity index (χ3n) is 4.25. The lowest BCUT2D eigenvalue weighted by molar-refractivity contribution is -0.118. The molecule has 1 aliphatic rings. The Kier molecular flexibility index (Phi) is 7.10. The van der Waals surface area contributed by atoms with Gasteiger partial charge in [-0.05, 0) is 55.8 Å². The SMILES string of the molecule is Cl.O=C(Cc1ccccc1)N(c1ccc(Cl)cc1)C1CCNCC1. The molecule has 3 rings (SSSR count). The maximum Gasteiger partial charge on any atom is 0.231 e. The van der Waals surface area contributed by atoms with E-state index >= 15 is 0 Å². The van der Waals surface area contributed by atoms with Crippen LogP contribution in [-0.4, -0.2) is 25.0 Å². The fourth-order valence-electron chi connectivity index (χ4n) is 3.08. The molecule has 2 aromatic rings. The van der Waals surface area contributed by atoms with Gasteiger partial charge in [0.15, 0.2) is 0 Å². The number of amides is 1. The largest absolute Gasteiger partial charge is 0.317 e. The van der Waals surface area contributed by atoms with E-state index in [0.29, 0.717) is 11.4 Å². The van der Waals surface area contributed by atoms with Gasteiger partial charge in [-0.1, -0.05) is 41.9 Å². The van der Waals surface area contributed by atoms with Crippen LogP contribution in [0.3, 0.4) is 0 Å². The minimum absolute atomic E-state index is 0. The summed E-state index contributed by atoms with van der Waals surface area (Å²) in [6, 6.07) is 17.7. The van der Waals surface area contributed by atoms with Gasteiger partial charge < -0.3 is 10.2 Å².